The van der Waals surface area contributed by atoms with Crippen molar-refractivity contribution < 1.29 is 90.2 Å². The number of hydrogen-bond donors (Lipinski definition) is 3. The van der Waals surface area contributed by atoms with Crippen LogP contribution in [-0.4, -0.2) is 43.3 Å². The van der Waals surface area contributed by atoms with Crippen molar-refractivity contribution in [1.29, 1.82) is 0 Å². The molecule has 2 aromatic rings. The summed E-state index contributed by atoms with van der Waals surface area (Å²) in [5.41, 5.74) is 0.462. The number of benzene rings is 2. The van der Waals surface area contributed by atoms with Gasteiger partial charge in [0.05, 0.1) is 10.6 Å². The largest absolute Gasteiger partial charge is 1.00 e. The first kappa shape index (κ1) is 24.1. The third-order valence-electron chi connectivity index (χ3n) is 2.88. The van der Waals surface area contributed by atoms with Crippen LogP contribution in [0.3, 0.4) is 0 Å². The number of phenolic OH excluding ortho intramolecular Hbond substituents is 1. The summed E-state index contributed by atoms with van der Waals surface area (Å²) in [5, 5.41) is 13.2. The molecule has 120 valence electrons. The molecule has 0 amide bonds. The predicted molar refractivity (Wildman–Crippen MR) is 78.5 cm³/mol. The molecule has 0 fully saturated rings. The fourth-order valence-electron chi connectivity index (χ4n) is 1.89. The molecule has 3 N–H and O–H groups in total. The maximum atomic E-state index is 11.0. The molecular weight excluding hydrogens is 380 g/mol. The molecule has 0 aliphatic rings. The van der Waals surface area contributed by atoms with Crippen molar-refractivity contribution in [3.8, 4) is 5.75 Å². The molecule has 0 saturated heterocycles. The number of phenols is 1. The molecule has 0 heterocycles. The second kappa shape index (κ2) is 9.17. The standard InChI is InChI=1S/C12H13NO7S2.2Na/c14-12-7-10(22(18,19)20)5-8-1-2-9(6-11(8)12)13-3-4-21(15,16)17;;/h1-2,5-7,13-14H,3-4H2,(H,15,16,17)(H,18,19,20);;/q;2*+1/p-1. The molecule has 0 unspecified atom stereocenters. The number of nitrogens with one attached hydrogen (secondary N) is 1. The summed E-state index contributed by atoms with van der Waals surface area (Å²) in [7, 11) is -8.76. The van der Waals surface area contributed by atoms with Crippen molar-refractivity contribution in [3.05, 3.63) is 30.3 Å². The molecular formula is C12H12NNa2O7S2+. The first-order valence-corrected chi connectivity index (χ1v) is 9.00. The summed E-state index contributed by atoms with van der Waals surface area (Å²) in [6.45, 7) is -0.0435. The van der Waals surface area contributed by atoms with E-state index in [0.717, 1.165) is 12.1 Å². The van der Waals surface area contributed by atoms with Gasteiger partial charge in [0.25, 0.3) is 10.1 Å². The van der Waals surface area contributed by atoms with E-state index in [1.807, 2.05) is 0 Å². The van der Waals surface area contributed by atoms with Crippen molar-refractivity contribution in [3.63, 3.8) is 0 Å². The zero-order valence-corrected chi connectivity index (χ0v) is 18.7. The average molecular weight is 392 g/mol. The Hall–Kier alpha value is 0.120. The molecule has 0 spiro atoms. The van der Waals surface area contributed by atoms with Crippen molar-refractivity contribution in [2.45, 2.75) is 4.90 Å². The van der Waals surface area contributed by atoms with E-state index in [9.17, 15) is 26.5 Å². The Labute approximate surface area is 183 Å². The van der Waals surface area contributed by atoms with Crippen LogP contribution in [0.2, 0.25) is 0 Å². The predicted octanol–water partition coefficient (Wildman–Crippen LogP) is -5.24. The van der Waals surface area contributed by atoms with Crippen molar-refractivity contribution >= 4 is 36.7 Å². The van der Waals surface area contributed by atoms with Gasteiger partial charge in [-0.3, -0.25) is 4.55 Å². The molecule has 2 rings (SSSR count). The van der Waals surface area contributed by atoms with Crippen molar-refractivity contribution in [2.24, 2.45) is 0 Å². The monoisotopic (exact) mass is 392 g/mol. The van der Waals surface area contributed by atoms with E-state index in [1.165, 1.54) is 18.2 Å². The van der Waals surface area contributed by atoms with Gasteiger partial charge in [-0.2, -0.15) is 8.42 Å². The van der Waals surface area contributed by atoms with E-state index < -0.39 is 30.9 Å². The second-order valence-corrected chi connectivity index (χ2v) is 7.50. The zero-order valence-electron chi connectivity index (χ0n) is 13.1. The van der Waals surface area contributed by atoms with Crippen LogP contribution in [0.4, 0.5) is 5.69 Å². The van der Waals surface area contributed by atoms with Crippen molar-refractivity contribution in [1.82, 2.24) is 0 Å². The molecule has 0 aliphatic carbocycles. The topological polar surface area (TPSA) is 144 Å². The minimum Gasteiger partial charge on any atom is -0.744 e. The Morgan fingerprint density at radius 3 is 2.21 bits per heavy atom. The molecule has 0 bridgehead atoms. The van der Waals surface area contributed by atoms with Gasteiger partial charge in [0.1, 0.15) is 15.9 Å². The van der Waals surface area contributed by atoms with Gasteiger partial charge in [0.2, 0.25) is 0 Å². The van der Waals surface area contributed by atoms with E-state index in [2.05, 4.69) is 5.32 Å². The van der Waals surface area contributed by atoms with Crippen LogP contribution in [-0.2, 0) is 20.2 Å². The van der Waals surface area contributed by atoms with Crippen LogP contribution in [0, 0.1) is 0 Å². The van der Waals surface area contributed by atoms with Gasteiger partial charge < -0.3 is 15.0 Å². The summed E-state index contributed by atoms with van der Waals surface area (Å²) in [4.78, 5) is -0.537. The minimum atomic E-state index is -4.68. The quantitative estimate of drug-likeness (QED) is 0.338. The van der Waals surface area contributed by atoms with Gasteiger partial charge in [0, 0.05) is 17.6 Å². The summed E-state index contributed by atoms with van der Waals surface area (Å²) in [6.07, 6.45) is 0. The molecule has 0 aromatic heterocycles. The van der Waals surface area contributed by atoms with E-state index in [0.29, 0.717) is 16.5 Å². The smallest absolute Gasteiger partial charge is 0.744 e. The van der Waals surface area contributed by atoms with Crippen LogP contribution < -0.4 is 64.4 Å². The Kier molecular flexibility index (Phi) is 9.22. The van der Waals surface area contributed by atoms with Crippen LogP contribution in [0.1, 0.15) is 0 Å². The van der Waals surface area contributed by atoms with Gasteiger partial charge in [-0.05, 0) is 29.7 Å². The fourth-order valence-corrected chi connectivity index (χ4v) is 2.78. The molecule has 0 aliphatic heterocycles. The summed E-state index contributed by atoms with van der Waals surface area (Å²) in [6, 6.07) is 6.45. The third-order valence-corrected chi connectivity index (χ3v) is 4.42. The molecule has 12 heteroatoms. The van der Waals surface area contributed by atoms with Gasteiger partial charge >= 0.3 is 59.1 Å². The molecule has 0 radical (unpaired) electrons. The van der Waals surface area contributed by atoms with E-state index in [4.69, 9.17) is 4.55 Å². The second-order valence-electron chi connectivity index (χ2n) is 4.55. The first-order valence-electron chi connectivity index (χ1n) is 5.98. The van der Waals surface area contributed by atoms with Crippen LogP contribution >= 0.6 is 0 Å². The summed E-state index contributed by atoms with van der Waals surface area (Å²) >= 11 is 0. The fraction of sp³-hybridized carbons (Fsp3) is 0.167. The van der Waals surface area contributed by atoms with Gasteiger partial charge in [-0.15, -0.1) is 0 Å². The zero-order chi connectivity index (χ0) is 16.5. The normalized spacial score (nSPS) is 11.4. The van der Waals surface area contributed by atoms with Crippen molar-refractivity contribution in [2.75, 3.05) is 17.6 Å². The minimum absolute atomic E-state index is 0. The molecule has 2 aromatic carbocycles. The Balaban J connectivity index is 0.00000264. The van der Waals surface area contributed by atoms with Crippen LogP contribution in [0.5, 0.6) is 5.75 Å². The van der Waals surface area contributed by atoms with E-state index in [-0.39, 0.29) is 71.4 Å². The van der Waals surface area contributed by atoms with Gasteiger partial charge in [0.15, 0.2) is 0 Å². The number of hydrogen-bond acceptors (Lipinski definition) is 7. The number of anilines is 1. The average Bonchev–Trinajstić information content (AvgIpc) is 2.36. The summed E-state index contributed by atoms with van der Waals surface area (Å²) in [5.74, 6) is -0.866. The number of rotatable bonds is 5. The van der Waals surface area contributed by atoms with Gasteiger partial charge in [-0.1, -0.05) is 6.07 Å². The number of fused-ring (bicyclic) bond motifs is 1. The van der Waals surface area contributed by atoms with E-state index in [1.54, 1.807) is 0 Å². The molecule has 24 heavy (non-hydrogen) atoms. The Morgan fingerprint density at radius 1 is 1.04 bits per heavy atom. The Bertz CT molecular complexity index is 930. The van der Waals surface area contributed by atoms with Gasteiger partial charge in [-0.25, -0.2) is 8.42 Å². The maximum absolute atomic E-state index is 11.0. The summed E-state index contributed by atoms with van der Waals surface area (Å²) < 4.78 is 62.8. The Morgan fingerprint density at radius 2 is 1.67 bits per heavy atom. The first-order chi connectivity index (χ1) is 10.1. The maximum Gasteiger partial charge on any atom is 1.00 e. The number of aromatic hydroxyl groups is 1. The molecule has 0 atom stereocenters. The third kappa shape index (κ3) is 6.79. The molecule has 0 saturated carbocycles. The van der Waals surface area contributed by atoms with Crippen LogP contribution in [0.15, 0.2) is 35.2 Å². The SMILES string of the molecule is O=S(=O)(O)CCNc1ccc2cc(S(=O)(=O)[O-])cc(O)c2c1.[Na+].[Na+]. The molecule has 8 nitrogen and oxygen atoms in total. The van der Waals surface area contributed by atoms with E-state index >= 15 is 0 Å². The van der Waals surface area contributed by atoms with Crippen LogP contribution in [0.25, 0.3) is 10.8 Å².